The minimum Gasteiger partial charge on any atom is -0.464 e. The number of hydrogen-bond acceptors (Lipinski definition) is 3. The minimum absolute atomic E-state index is 0.117. The molecule has 0 saturated carbocycles. The van der Waals surface area contributed by atoms with Crippen LogP contribution in [0, 0.1) is 6.92 Å². The fourth-order valence-electron chi connectivity index (χ4n) is 1.61. The third-order valence-corrected chi connectivity index (χ3v) is 2.71. The molecular weight excluding hydrogens is 226 g/mol. The van der Waals surface area contributed by atoms with Gasteiger partial charge in [-0.15, -0.1) is 0 Å². The highest BCUT2D eigenvalue weighted by Gasteiger charge is 2.03. The Morgan fingerprint density at radius 2 is 1.94 bits per heavy atom. The lowest BCUT2D eigenvalue weighted by Crippen LogP contribution is -2.22. The first-order chi connectivity index (χ1) is 8.72. The molecule has 0 unspecified atom stereocenters. The van der Waals surface area contributed by atoms with Crippen LogP contribution in [0.25, 0.3) is 0 Å². The molecule has 1 N–H and O–H groups in total. The van der Waals surface area contributed by atoms with Crippen molar-refractivity contribution < 1.29 is 9.53 Å². The zero-order valence-corrected chi connectivity index (χ0v) is 11.4. The van der Waals surface area contributed by atoms with E-state index in [0.717, 1.165) is 25.9 Å². The number of ether oxygens (including phenoxy) is 1. The molecule has 0 aliphatic rings. The monoisotopic (exact) mass is 249 g/mol. The van der Waals surface area contributed by atoms with Gasteiger partial charge in [-0.05, 0) is 31.9 Å². The highest BCUT2D eigenvalue weighted by atomic mass is 16.5. The summed E-state index contributed by atoms with van der Waals surface area (Å²) in [6, 6.07) is 8.25. The number of aryl methyl sites for hydroxylation is 2. The summed E-state index contributed by atoms with van der Waals surface area (Å²) in [5, 5.41) is 3.19. The molecular formula is C15H23NO2. The van der Waals surface area contributed by atoms with Gasteiger partial charge in [-0.3, -0.25) is 4.79 Å². The van der Waals surface area contributed by atoms with E-state index < -0.39 is 0 Å². The zero-order valence-electron chi connectivity index (χ0n) is 11.4. The van der Waals surface area contributed by atoms with Crippen molar-refractivity contribution in [1.29, 1.82) is 0 Å². The van der Waals surface area contributed by atoms with Crippen molar-refractivity contribution in [3.8, 4) is 0 Å². The third-order valence-electron chi connectivity index (χ3n) is 2.71. The second-order valence-electron chi connectivity index (χ2n) is 4.46. The normalized spacial score (nSPS) is 10.3. The standard InChI is InChI=1S/C15H23NO2/c1-3-10-16-11-12-18-15(17)9-8-14-6-4-13(2)5-7-14/h4-7,16H,3,8-12H2,1-2H3. The minimum atomic E-state index is -0.117. The molecule has 0 amide bonds. The van der Waals surface area contributed by atoms with Crippen LogP contribution in [0.5, 0.6) is 0 Å². The average molecular weight is 249 g/mol. The van der Waals surface area contributed by atoms with Crippen molar-refractivity contribution in [2.45, 2.75) is 33.1 Å². The van der Waals surface area contributed by atoms with E-state index in [0.29, 0.717) is 13.0 Å². The molecule has 0 radical (unpaired) electrons. The molecule has 1 rings (SSSR count). The summed E-state index contributed by atoms with van der Waals surface area (Å²) in [6.07, 6.45) is 2.31. The molecule has 3 heteroatoms. The second kappa shape index (κ2) is 8.70. The van der Waals surface area contributed by atoms with Crippen LogP contribution >= 0.6 is 0 Å². The van der Waals surface area contributed by atoms with Gasteiger partial charge in [0.15, 0.2) is 0 Å². The Balaban J connectivity index is 2.11. The Morgan fingerprint density at radius 1 is 1.22 bits per heavy atom. The van der Waals surface area contributed by atoms with Gasteiger partial charge in [-0.1, -0.05) is 36.8 Å². The maximum atomic E-state index is 11.5. The molecule has 0 fully saturated rings. The Kier molecular flexibility index (Phi) is 7.11. The van der Waals surface area contributed by atoms with Crippen LogP contribution in [0.15, 0.2) is 24.3 Å². The van der Waals surface area contributed by atoms with Gasteiger partial charge in [0.2, 0.25) is 0 Å². The van der Waals surface area contributed by atoms with E-state index in [1.165, 1.54) is 11.1 Å². The summed E-state index contributed by atoms with van der Waals surface area (Å²) in [5.74, 6) is -0.117. The Labute approximate surface area is 110 Å². The van der Waals surface area contributed by atoms with E-state index in [4.69, 9.17) is 4.74 Å². The molecule has 3 nitrogen and oxygen atoms in total. The van der Waals surface area contributed by atoms with Crippen LogP contribution in [-0.2, 0) is 16.0 Å². The number of esters is 1. The van der Waals surface area contributed by atoms with Crippen LogP contribution in [0.3, 0.4) is 0 Å². The molecule has 0 aliphatic heterocycles. The number of nitrogens with one attached hydrogen (secondary N) is 1. The lowest BCUT2D eigenvalue weighted by atomic mass is 10.1. The van der Waals surface area contributed by atoms with E-state index in [-0.39, 0.29) is 5.97 Å². The lowest BCUT2D eigenvalue weighted by molar-refractivity contribution is -0.143. The lowest BCUT2D eigenvalue weighted by Gasteiger charge is -2.06. The molecule has 0 saturated heterocycles. The Morgan fingerprint density at radius 3 is 2.61 bits per heavy atom. The van der Waals surface area contributed by atoms with Crippen molar-refractivity contribution in [2.24, 2.45) is 0 Å². The van der Waals surface area contributed by atoms with Gasteiger partial charge in [-0.2, -0.15) is 0 Å². The molecule has 0 bridgehead atoms. The molecule has 0 aromatic heterocycles. The zero-order chi connectivity index (χ0) is 13.2. The second-order valence-corrected chi connectivity index (χ2v) is 4.46. The maximum absolute atomic E-state index is 11.5. The Bertz CT molecular complexity index is 346. The van der Waals surface area contributed by atoms with Crippen molar-refractivity contribution in [1.82, 2.24) is 5.32 Å². The van der Waals surface area contributed by atoms with Crippen molar-refractivity contribution >= 4 is 5.97 Å². The SMILES string of the molecule is CCCNCCOC(=O)CCc1ccc(C)cc1. The van der Waals surface area contributed by atoms with Gasteiger partial charge in [0.25, 0.3) is 0 Å². The Hall–Kier alpha value is -1.35. The number of carbonyl (C=O) groups excluding carboxylic acids is 1. The summed E-state index contributed by atoms with van der Waals surface area (Å²) in [4.78, 5) is 11.5. The maximum Gasteiger partial charge on any atom is 0.306 e. The number of benzene rings is 1. The van der Waals surface area contributed by atoms with E-state index >= 15 is 0 Å². The predicted molar refractivity (Wildman–Crippen MR) is 73.6 cm³/mol. The van der Waals surface area contributed by atoms with Crippen LogP contribution < -0.4 is 5.32 Å². The van der Waals surface area contributed by atoms with Gasteiger partial charge in [-0.25, -0.2) is 0 Å². The van der Waals surface area contributed by atoms with Crippen molar-refractivity contribution in [3.63, 3.8) is 0 Å². The van der Waals surface area contributed by atoms with Crippen LogP contribution in [0.4, 0.5) is 0 Å². The number of carbonyl (C=O) groups is 1. The number of hydrogen-bond donors (Lipinski definition) is 1. The van der Waals surface area contributed by atoms with E-state index in [2.05, 4.69) is 43.4 Å². The summed E-state index contributed by atoms with van der Waals surface area (Å²) in [5.41, 5.74) is 2.42. The molecule has 100 valence electrons. The van der Waals surface area contributed by atoms with E-state index in [1.807, 2.05) is 0 Å². The molecule has 1 aromatic rings. The van der Waals surface area contributed by atoms with Crippen molar-refractivity contribution in [3.05, 3.63) is 35.4 Å². The highest BCUT2D eigenvalue weighted by Crippen LogP contribution is 2.06. The highest BCUT2D eigenvalue weighted by molar-refractivity contribution is 5.69. The first-order valence-electron chi connectivity index (χ1n) is 6.64. The van der Waals surface area contributed by atoms with Gasteiger partial charge >= 0.3 is 5.97 Å². The van der Waals surface area contributed by atoms with E-state index in [1.54, 1.807) is 0 Å². The largest absolute Gasteiger partial charge is 0.464 e. The van der Waals surface area contributed by atoms with Crippen LogP contribution in [-0.4, -0.2) is 25.7 Å². The van der Waals surface area contributed by atoms with Crippen LogP contribution in [0.1, 0.15) is 30.9 Å². The van der Waals surface area contributed by atoms with E-state index in [9.17, 15) is 4.79 Å². The molecule has 18 heavy (non-hydrogen) atoms. The average Bonchev–Trinajstić information content (AvgIpc) is 2.38. The van der Waals surface area contributed by atoms with Crippen molar-refractivity contribution in [2.75, 3.05) is 19.7 Å². The topological polar surface area (TPSA) is 38.3 Å². The summed E-state index contributed by atoms with van der Waals surface area (Å²) in [6.45, 7) is 6.35. The fourth-order valence-corrected chi connectivity index (χ4v) is 1.61. The summed E-state index contributed by atoms with van der Waals surface area (Å²) >= 11 is 0. The third kappa shape index (κ3) is 6.40. The quantitative estimate of drug-likeness (QED) is 0.568. The molecule has 0 aliphatic carbocycles. The van der Waals surface area contributed by atoms with Gasteiger partial charge in [0, 0.05) is 13.0 Å². The molecule has 0 atom stereocenters. The predicted octanol–water partition coefficient (Wildman–Crippen LogP) is 2.47. The fraction of sp³-hybridized carbons (Fsp3) is 0.533. The van der Waals surface area contributed by atoms with Gasteiger partial charge in [0.1, 0.15) is 6.61 Å². The number of rotatable bonds is 8. The first kappa shape index (κ1) is 14.7. The molecule has 1 aromatic carbocycles. The first-order valence-corrected chi connectivity index (χ1v) is 6.64. The van der Waals surface area contributed by atoms with Gasteiger partial charge in [0.05, 0.1) is 0 Å². The summed E-state index contributed by atoms with van der Waals surface area (Å²) < 4.78 is 5.13. The van der Waals surface area contributed by atoms with Crippen LogP contribution in [0.2, 0.25) is 0 Å². The molecule has 0 heterocycles. The smallest absolute Gasteiger partial charge is 0.306 e. The van der Waals surface area contributed by atoms with Gasteiger partial charge < -0.3 is 10.1 Å². The molecule has 0 spiro atoms. The summed E-state index contributed by atoms with van der Waals surface area (Å²) in [7, 11) is 0.